The second-order valence-electron chi connectivity index (χ2n) is 3.89. The number of hydrazine groups is 1. The molecule has 0 atom stereocenters. The molecule has 0 bridgehead atoms. The van der Waals surface area contributed by atoms with Crippen molar-refractivity contribution in [1.29, 1.82) is 0 Å². The first-order chi connectivity index (χ1) is 9.76. The number of rotatable bonds is 3. The molecule has 3 aromatic rings. The molecule has 3 rings (SSSR count). The number of nitrogens with one attached hydrogen (secondary N) is 2. The fourth-order valence-corrected chi connectivity index (χ4v) is 2.48. The van der Waals surface area contributed by atoms with E-state index in [1.807, 2.05) is 24.3 Å². The summed E-state index contributed by atoms with van der Waals surface area (Å²) in [6, 6.07) is 10.8. The summed E-state index contributed by atoms with van der Waals surface area (Å²) in [6.45, 7) is 0. The topological polar surface area (TPSA) is 106 Å². The Bertz CT molecular complexity index is 721. The lowest BCUT2D eigenvalue weighted by atomic mass is 10.3. The van der Waals surface area contributed by atoms with Crippen LogP contribution < -0.4 is 16.6 Å². The van der Waals surface area contributed by atoms with Gasteiger partial charge in [0.2, 0.25) is 0 Å². The molecule has 0 aliphatic carbocycles. The highest BCUT2D eigenvalue weighted by molar-refractivity contribution is 7.22. The van der Waals surface area contributed by atoms with Crippen LogP contribution in [0.25, 0.3) is 10.2 Å². The zero-order chi connectivity index (χ0) is 13.9. The Balaban J connectivity index is 1.80. The van der Waals surface area contributed by atoms with Gasteiger partial charge < -0.3 is 5.43 Å². The van der Waals surface area contributed by atoms with Crippen LogP contribution in [0.15, 0.2) is 36.4 Å². The Hall–Kier alpha value is -2.58. The van der Waals surface area contributed by atoms with Gasteiger partial charge in [-0.3, -0.25) is 10.1 Å². The van der Waals surface area contributed by atoms with E-state index in [9.17, 15) is 4.79 Å². The van der Waals surface area contributed by atoms with E-state index in [0.29, 0.717) is 10.9 Å². The number of nitrogens with zero attached hydrogens (tertiary/aromatic N) is 3. The van der Waals surface area contributed by atoms with E-state index in [4.69, 9.17) is 5.84 Å². The molecule has 0 aliphatic rings. The van der Waals surface area contributed by atoms with E-state index in [-0.39, 0.29) is 11.6 Å². The van der Waals surface area contributed by atoms with Crippen LogP contribution in [-0.4, -0.2) is 21.1 Å². The van der Waals surface area contributed by atoms with Crippen molar-refractivity contribution in [2.75, 3.05) is 10.7 Å². The van der Waals surface area contributed by atoms with Crippen molar-refractivity contribution in [1.82, 2.24) is 15.2 Å². The summed E-state index contributed by atoms with van der Waals surface area (Å²) in [5.41, 5.74) is 3.39. The molecule has 1 aromatic carbocycles. The first-order valence-corrected chi connectivity index (χ1v) is 6.55. The van der Waals surface area contributed by atoms with E-state index < -0.39 is 0 Å². The molecule has 7 nitrogen and oxygen atoms in total. The zero-order valence-electron chi connectivity index (χ0n) is 10.2. The van der Waals surface area contributed by atoms with Crippen molar-refractivity contribution in [2.24, 2.45) is 5.84 Å². The van der Waals surface area contributed by atoms with Crippen LogP contribution in [0.3, 0.4) is 0 Å². The molecule has 1 amide bonds. The maximum atomic E-state index is 12.0. The molecule has 8 heteroatoms. The van der Waals surface area contributed by atoms with Gasteiger partial charge in [0.1, 0.15) is 0 Å². The first kappa shape index (κ1) is 12.5. The molecule has 0 saturated carbocycles. The van der Waals surface area contributed by atoms with Crippen LogP contribution in [0.2, 0.25) is 0 Å². The largest absolute Gasteiger partial charge is 0.307 e. The molecule has 0 spiro atoms. The average Bonchev–Trinajstić information content (AvgIpc) is 2.89. The summed E-state index contributed by atoms with van der Waals surface area (Å²) >= 11 is 1.40. The number of fused-ring (bicyclic) bond motifs is 1. The van der Waals surface area contributed by atoms with Gasteiger partial charge in [-0.1, -0.05) is 23.5 Å². The molecule has 4 N–H and O–H groups in total. The van der Waals surface area contributed by atoms with E-state index >= 15 is 0 Å². The Morgan fingerprint density at radius 1 is 1.15 bits per heavy atom. The molecule has 2 aromatic heterocycles. The van der Waals surface area contributed by atoms with Crippen LogP contribution in [0, 0.1) is 0 Å². The second kappa shape index (κ2) is 5.19. The van der Waals surface area contributed by atoms with Gasteiger partial charge in [-0.05, 0) is 24.3 Å². The molecule has 20 heavy (non-hydrogen) atoms. The molecule has 100 valence electrons. The fraction of sp³-hybridized carbons (Fsp3) is 0. The lowest BCUT2D eigenvalue weighted by molar-refractivity contribution is 0.102. The van der Waals surface area contributed by atoms with Gasteiger partial charge in [-0.15, -0.1) is 10.2 Å². The Morgan fingerprint density at radius 2 is 2.00 bits per heavy atom. The average molecular weight is 286 g/mol. The molecule has 0 radical (unpaired) electrons. The normalized spacial score (nSPS) is 10.4. The van der Waals surface area contributed by atoms with Gasteiger partial charge in [0.15, 0.2) is 16.6 Å². The van der Waals surface area contributed by atoms with Gasteiger partial charge in [0.25, 0.3) is 5.91 Å². The van der Waals surface area contributed by atoms with Gasteiger partial charge in [0.05, 0.1) is 10.2 Å². The van der Waals surface area contributed by atoms with E-state index in [1.165, 1.54) is 17.4 Å². The number of amides is 1. The number of thiazole rings is 1. The molecule has 2 heterocycles. The smallest absolute Gasteiger partial charge is 0.277 e. The summed E-state index contributed by atoms with van der Waals surface area (Å²) in [5.74, 6) is 5.21. The SMILES string of the molecule is NNc1ccc(C(=O)Nc2nc3ccccc3s2)nn1. The van der Waals surface area contributed by atoms with Crippen molar-refractivity contribution in [3.63, 3.8) is 0 Å². The minimum absolute atomic E-state index is 0.197. The number of nitrogens with two attached hydrogens (primary N) is 1. The number of carbonyl (C=O) groups is 1. The molecule has 0 aliphatic heterocycles. The highest BCUT2D eigenvalue weighted by Gasteiger charge is 2.11. The third-order valence-electron chi connectivity index (χ3n) is 2.56. The van der Waals surface area contributed by atoms with Gasteiger partial charge in [-0.25, -0.2) is 10.8 Å². The number of nitrogen functional groups attached to an aromatic ring is 1. The number of carbonyl (C=O) groups excluding carboxylic acids is 1. The number of benzene rings is 1. The number of anilines is 2. The zero-order valence-corrected chi connectivity index (χ0v) is 11.0. The highest BCUT2D eigenvalue weighted by Crippen LogP contribution is 2.25. The third-order valence-corrected chi connectivity index (χ3v) is 3.51. The Kier molecular flexibility index (Phi) is 3.23. The standard InChI is InChI=1S/C12H10N6OS/c13-16-10-6-5-8(17-18-10)11(19)15-12-14-7-3-1-2-4-9(7)20-12/h1-6H,13H2,(H,16,18)(H,14,15,19). The van der Waals surface area contributed by atoms with Crippen molar-refractivity contribution in [2.45, 2.75) is 0 Å². The maximum Gasteiger partial charge on any atom is 0.277 e. The highest BCUT2D eigenvalue weighted by atomic mass is 32.1. The van der Waals surface area contributed by atoms with Gasteiger partial charge in [-0.2, -0.15) is 0 Å². The van der Waals surface area contributed by atoms with Gasteiger partial charge in [0, 0.05) is 0 Å². The number of para-hydroxylation sites is 1. The fourth-order valence-electron chi connectivity index (χ4n) is 1.62. The predicted octanol–water partition coefficient (Wildman–Crippen LogP) is 1.62. The number of hydrogen-bond acceptors (Lipinski definition) is 7. The molecular formula is C12H10N6OS. The minimum atomic E-state index is -0.361. The minimum Gasteiger partial charge on any atom is -0.307 e. The first-order valence-electron chi connectivity index (χ1n) is 5.73. The summed E-state index contributed by atoms with van der Waals surface area (Å²) in [6.07, 6.45) is 0. The second-order valence-corrected chi connectivity index (χ2v) is 4.92. The number of aromatic nitrogens is 3. The van der Waals surface area contributed by atoms with Crippen LogP contribution >= 0.6 is 11.3 Å². The summed E-state index contributed by atoms with van der Waals surface area (Å²) < 4.78 is 1.01. The molecule has 0 unspecified atom stereocenters. The predicted molar refractivity (Wildman–Crippen MR) is 77.4 cm³/mol. The third kappa shape index (κ3) is 2.42. The van der Waals surface area contributed by atoms with Crippen LogP contribution in [0.4, 0.5) is 10.9 Å². The van der Waals surface area contributed by atoms with E-state index in [0.717, 1.165) is 10.2 Å². The number of hydrogen-bond donors (Lipinski definition) is 3. The quantitative estimate of drug-likeness (QED) is 0.499. The van der Waals surface area contributed by atoms with Crippen molar-refractivity contribution >= 4 is 38.4 Å². The summed E-state index contributed by atoms with van der Waals surface area (Å²) in [5, 5.41) is 10.7. The molecule has 0 fully saturated rings. The van der Waals surface area contributed by atoms with Gasteiger partial charge >= 0.3 is 0 Å². The van der Waals surface area contributed by atoms with Crippen molar-refractivity contribution < 1.29 is 4.79 Å². The lowest BCUT2D eigenvalue weighted by Crippen LogP contribution is -2.15. The van der Waals surface area contributed by atoms with Crippen LogP contribution in [-0.2, 0) is 0 Å². The van der Waals surface area contributed by atoms with Crippen LogP contribution in [0.5, 0.6) is 0 Å². The van der Waals surface area contributed by atoms with E-state index in [2.05, 4.69) is 25.9 Å². The van der Waals surface area contributed by atoms with Crippen LogP contribution in [0.1, 0.15) is 10.5 Å². The monoisotopic (exact) mass is 286 g/mol. The van der Waals surface area contributed by atoms with Crippen molar-refractivity contribution in [3.8, 4) is 0 Å². The van der Waals surface area contributed by atoms with Crippen molar-refractivity contribution in [3.05, 3.63) is 42.1 Å². The molecular weight excluding hydrogens is 276 g/mol. The Labute approximate surface area is 117 Å². The molecule has 0 saturated heterocycles. The summed E-state index contributed by atoms with van der Waals surface area (Å²) in [4.78, 5) is 16.3. The Morgan fingerprint density at radius 3 is 2.70 bits per heavy atom. The maximum absolute atomic E-state index is 12.0. The lowest BCUT2D eigenvalue weighted by Gasteiger charge is -2.01. The summed E-state index contributed by atoms with van der Waals surface area (Å²) in [7, 11) is 0. The van der Waals surface area contributed by atoms with E-state index in [1.54, 1.807) is 6.07 Å².